The minimum Gasteiger partial charge on any atom is -0.325 e. The number of nitrogens with one attached hydrogen (secondary N) is 1. The molecule has 5 nitrogen and oxygen atoms in total. The van der Waals surface area contributed by atoms with E-state index in [0.29, 0.717) is 29.8 Å². The summed E-state index contributed by atoms with van der Waals surface area (Å²) < 4.78 is 38.8. The molecule has 2 aliphatic rings. The highest BCUT2D eigenvalue weighted by atomic mass is 19.4. The molecule has 1 heterocycles. The normalized spacial score (nSPS) is 19.2. The van der Waals surface area contributed by atoms with Crippen LogP contribution in [0.25, 0.3) is 0 Å². The quantitative estimate of drug-likeness (QED) is 0.708. The fourth-order valence-electron chi connectivity index (χ4n) is 4.05. The van der Waals surface area contributed by atoms with Gasteiger partial charge in [-0.15, -0.1) is 0 Å². The van der Waals surface area contributed by atoms with Crippen molar-refractivity contribution in [1.82, 2.24) is 4.90 Å². The Morgan fingerprint density at radius 1 is 1.00 bits per heavy atom. The van der Waals surface area contributed by atoms with Crippen molar-refractivity contribution in [2.75, 3.05) is 25.0 Å². The number of fused-ring (bicyclic) bond motifs is 2. The van der Waals surface area contributed by atoms with Crippen molar-refractivity contribution < 1.29 is 27.6 Å². The SMILES string of the molecule is O=C(CN1CCCC(C(F)(F)F)C1)Nc1ccc2c(c1)C(=O)c1ccccc1C2=O. The number of amides is 1. The Labute approximate surface area is 170 Å². The van der Waals surface area contributed by atoms with Gasteiger partial charge in [0, 0.05) is 34.5 Å². The van der Waals surface area contributed by atoms with Gasteiger partial charge in [-0.1, -0.05) is 24.3 Å². The van der Waals surface area contributed by atoms with Crippen LogP contribution in [0, 0.1) is 5.92 Å². The lowest BCUT2D eigenvalue weighted by molar-refractivity contribution is -0.186. The summed E-state index contributed by atoms with van der Waals surface area (Å²) in [6.45, 7) is 0.0538. The number of benzene rings is 2. The second kappa shape index (κ2) is 7.68. The van der Waals surface area contributed by atoms with Gasteiger partial charge in [-0.2, -0.15) is 13.2 Å². The molecule has 8 heteroatoms. The lowest BCUT2D eigenvalue weighted by atomic mass is 9.84. The van der Waals surface area contributed by atoms with Crippen LogP contribution in [0.1, 0.15) is 44.7 Å². The Bertz CT molecular complexity index is 1030. The van der Waals surface area contributed by atoms with Crippen LogP contribution in [0.5, 0.6) is 0 Å². The maximum absolute atomic E-state index is 12.9. The molecule has 0 bridgehead atoms. The average molecular weight is 416 g/mol. The van der Waals surface area contributed by atoms with E-state index in [0.717, 1.165) is 0 Å². The number of rotatable bonds is 3. The molecule has 1 N–H and O–H groups in total. The van der Waals surface area contributed by atoms with Gasteiger partial charge in [-0.05, 0) is 37.6 Å². The van der Waals surface area contributed by atoms with Gasteiger partial charge in [0.15, 0.2) is 11.6 Å². The number of anilines is 1. The lowest BCUT2D eigenvalue weighted by Gasteiger charge is -2.33. The Morgan fingerprint density at radius 2 is 1.63 bits per heavy atom. The smallest absolute Gasteiger partial charge is 0.325 e. The van der Waals surface area contributed by atoms with Crippen LogP contribution in [0.15, 0.2) is 42.5 Å². The van der Waals surface area contributed by atoms with E-state index in [1.54, 1.807) is 24.3 Å². The number of piperidine rings is 1. The molecule has 2 aromatic carbocycles. The van der Waals surface area contributed by atoms with Gasteiger partial charge in [0.25, 0.3) is 0 Å². The van der Waals surface area contributed by atoms with Crippen molar-refractivity contribution in [2.24, 2.45) is 5.92 Å². The number of alkyl halides is 3. The molecule has 1 fully saturated rings. The molecule has 0 spiro atoms. The second-order valence-electron chi connectivity index (χ2n) is 7.63. The second-order valence-corrected chi connectivity index (χ2v) is 7.63. The maximum Gasteiger partial charge on any atom is 0.393 e. The van der Waals surface area contributed by atoms with Crippen molar-refractivity contribution in [3.8, 4) is 0 Å². The molecule has 1 saturated heterocycles. The third kappa shape index (κ3) is 3.87. The Morgan fingerprint density at radius 3 is 2.30 bits per heavy atom. The first-order chi connectivity index (χ1) is 14.2. The molecule has 1 unspecified atom stereocenters. The first-order valence-electron chi connectivity index (χ1n) is 9.65. The highest BCUT2D eigenvalue weighted by molar-refractivity contribution is 6.28. The van der Waals surface area contributed by atoms with Crippen LogP contribution < -0.4 is 5.32 Å². The van der Waals surface area contributed by atoms with Crippen molar-refractivity contribution in [3.63, 3.8) is 0 Å². The number of halogens is 3. The fourth-order valence-corrected chi connectivity index (χ4v) is 4.05. The van der Waals surface area contributed by atoms with Gasteiger partial charge >= 0.3 is 6.18 Å². The van der Waals surface area contributed by atoms with E-state index in [1.165, 1.54) is 23.1 Å². The van der Waals surface area contributed by atoms with Crippen LogP contribution >= 0.6 is 0 Å². The summed E-state index contributed by atoms with van der Waals surface area (Å²) in [4.78, 5) is 39.2. The Balaban J connectivity index is 1.47. The predicted molar refractivity (Wildman–Crippen MR) is 104 cm³/mol. The van der Waals surface area contributed by atoms with Gasteiger partial charge in [-0.25, -0.2) is 0 Å². The molecule has 2 aromatic rings. The standard InChI is InChI=1S/C22H19F3N2O3/c23-22(24,25)13-4-3-9-27(11-13)12-19(28)26-14-7-8-17-18(10-14)21(30)16-6-2-1-5-15(16)20(17)29/h1-2,5-8,10,13H,3-4,9,11-12H2,(H,26,28). The van der Waals surface area contributed by atoms with Gasteiger partial charge in [0.2, 0.25) is 5.91 Å². The Hall–Kier alpha value is -3.00. The molecule has 30 heavy (non-hydrogen) atoms. The van der Waals surface area contributed by atoms with Crippen molar-refractivity contribution in [2.45, 2.75) is 19.0 Å². The lowest BCUT2D eigenvalue weighted by Crippen LogP contribution is -2.44. The van der Waals surface area contributed by atoms with Crippen LogP contribution in [-0.2, 0) is 4.79 Å². The minimum atomic E-state index is -4.27. The molecule has 1 amide bonds. The predicted octanol–water partition coefficient (Wildman–Crippen LogP) is 3.67. The third-order valence-corrected chi connectivity index (χ3v) is 5.54. The number of hydrogen-bond acceptors (Lipinski definition) is 4. The topological polar surface area (TPSA) is 66.5 Å². The fraction of sp³-hybridized carbons (Fsp3) is 0.318. The summed E-state index contributed by atoms with van der Waals surface area (Å²) in [5, 5.41) is 2.63. The molecule has 4 rings (SSSR count). The molecule has 0 aromatic heterocycles. The summed E-state index contributed by atoms with van der Waals surface area (Å²) in [5.74, 6) is -2.45. The molecular formula is C22H19F3N2O3. The van der Waals surface area contributed by atoms with E-state index in [2.05, 4.69) is 5.32 Å². The summed E-state index contributed by atoms with van der Waals surface area (Å²) >= 11 is 0. The first-order valence-corrected chi connectivity index (χ1v) is 9.65. The highest BCUT2D eigenvalue weighted by Crippen LogP contribution is 2.33. The minimum absolute atomic E-state index is 0.0735. The zero-order valence-electron chi connectivity index (χ0n) is 16.0. The van der Waals surface area contributed by atoms with E-state index < -0.39 is 18.0 Å². The largest absolute Gasteiger partial charge is 0.393 e. The van der Waals surface area contributed by atoms with Gasteiger partial charge in [-0.3, -0.25) is 19.3 Å². The monoisotopic (exact) mass is 416 g/mol. The van der Waals surface area contributed by atoms with E-state index in [9.17, 15) is 27.6 Å². The van der Waals surface area contributed by atoms with Gasteiger partial charge in [0.05, 0.1) is 12.5 Å². The maximum atomic E-state index is 12.9. The van der Waals surface area contributed by atoms with E-state index in [1.807, 2.05) is 0 Å². The number of carbonyl (C=O) groups is 3. The molecule has 1 aliphatic heterocycles. The van der Waals surface area contributed by atoms with Crippen LogP contribution in [0.2, 0.25) is 0 Å². The van der Waals surface area contributed by atoms with Crippen molar-refractivity contribution in [3.05, 3.63) is 64.7 Å². The summed E-state index contributed by atoms with van der Waals surface area (Å²) in [7, 11) is 0. The number of likely N-dealkylation sites (tertiary alicyclic amines) is 1. The van der Waals surface area contributed by atoms with Crippen LogP contribution in [0.3, 0.4) is 0 Å². The number of hydrogen-bond donors (Lipinski definition) is 1. The van der Waals surface area contributed by atoms with Gasteiger partial charge < -0.3 is 5.32 Å². The number of nitrogens with zero attached hydrogens (tertiary/aromatic N) is 1. The summed E-state index contributed by atoms with van der Waals surface area (Å²) in [5.41, 5.74) is 1.44. The summed E-state index contributed by atoms with van der Waals surface area (Å²) in [6, 6.07) is 11.0. The zero-order chi connectivity index (χ0) is 21.5. The van der Waals surface area contributed by atoms with Crippen LogP contribution in [0.4, 0.5) is 18.9 Å². The molecule has 156 valence electrons. The number of ketones is 2. The Kier molecular flexibility index (Phi) is 5.19. The van der Waals surface area contributed by atoms with E-state index >= 15 is 0 Å². The van der Waals surface area contributed by atoms with Crippen LogP contribution in [-0.4, -0.2) is 48.2 Å². The summed E-state index contributed by atoms with van der Waals surface area (Å²) in [6.07, 6.45) is -3.81. The third-order valence-electron chi connectivity index (χ3n) is 5.54. The van der Waals surface area contributed by atoms with Crippen molar-refractivity contribution in [1.29, 1.82) is 0 Å². The molecule has 0 saturated carbocycles. The highest BCUT2D eigenvalue weighted by Gasteiger charge is 2.42. The van der Waals surface area contributed by atoms with E-state index in [-0.39, 0.29) is 42.2 Å². The average Bonchev–Trinajstić information content (AvgIpc) is 2.71. The first kappa shape index (κ1) is 20.3. The molecule has 1 aliphatic carbocycles. The number of carbonyl (C=O) groups excluding carboxylic acids is 3. The van der Waals surface area contributed by atoms with E-state index in [4.69, 9.17) is 0 Å². The molecule has 1 atom stereocenters. The molecular weight excluding hydrogens is 397 g/mol. The van der Waals surface area contributed by atoms with Crippen molar-refractivity contribution >= 4 is 23.2 Å². The zero-order valence-corrected chi connectivity index (χ0v) is 16.0. The molecule has 0 radical (unpaired) electrons. The van der Waals surface area contributed by atoms with Gasteiger partial charge in [0.1, 0.15) is 0 Å².